The third kappa shape index (κ3) is 2.20. The second-order valence-corrected chi connectivity index (χ2v) is 6.12. The van der Waals surface area contributed by atoms with Gasteiger partial charge in [0, 0.05) is 11.3 Å². The number of carbonyl (C=O) groups is 2. The molecule has 0 bridgehead atoms. The van der Waals surface area contributed by atoms with Gasteiger partial charge < -0.3 is 20.5 Å². The van der Waals surface area contributed by atoms with E-state index in [2.05, 4.69) is 11.2 Å². The molecule has 6 nitrogen and oxygen atoms in total. The molecular weight excluding hydrogens is 320 g/mol. The summed E-state index contributed by atoms with van der Waals surface area (Å²) in [5.74, 6) is 1.43. The Bertz CT molecular complexity index is 889. The standard InChI is InChI=1S/C19H18N2O4/c1-5-12-16(20)25-11(4)15(17(22)24-10(2)3)19(12)13-8-6-7-9-14(13)21-18(19)23/h1,6-10H,20H2,2-4H3,(H,21,23). The molecule has 3 N–H and O–H groups in total. The van der Waals surface area contributed by atoms with Crippen molar-refractivity contribution in [1.29, 1.82) is 0 Å². The Hall–Kier alpha value is -3.20. The smallest absolute Gasteiger partial charge is 0.339 e. The number of hydrogen-bond acceptors (Lipinski definition) is 5. The van der Waals surface area contributed by atoms with Crippen LogP contribution < -0.4 is 11.1 Å². The first kappa shape index (κ1) is 16.7. The minimum Gasteiger partial charge on any atom is -0.459 e. The molecule has 1 atom stereocenters. The van der Waals surface area contributed by atoms with Crippen molar-refractivity contribution in [3.63, 3.8) is 0 Å². The lowest BCUT2D eigenvalue weighted by molar-refractivity contribution is -0.144. The Morgan fingerprint density at radius 1 is 1.40 bits per heavy atom. The van der Waals surface area contributed by atoms with Gasteiger partial charge in [0.05, 0.1) is 11.7 Å². The van der Waals surface area contributed by atoms with Gasteiger partial charge in [0.1, 0.15) is 16.7 Å². The van der Waals surface area contributed by atoms with Crippen molar-refractivity contribution in [3.05, 3.63) is 52.6 Å². The third-order valence-corrected chi connectivity index (χ3v) is 4.22. The van der Waals surface area contributed by atoms with Crippen LogP contribution in [-0.2, 0) is 24.5 Å². The van der Waals surface area contributed by atoms with Crippen LogP contribution in [0.2, 0.25) is 0 Å². The number of hydrogen-bond donors (Lipinski definition) is 2. The number of amides is 1. The number of fused-ring (bicyclic) bond motifs is 2. The van der Waals surface area contributed by atoms with E-state index in [0.29, 0.717) is 11.3 Å². The minimum atomic E-state index is -1.55. The molecule has 2 aliphatic heterocycles. The van der Waals surface area contributed by atoms with E-state index < -0.39 is 17.3 Å². The first-order chi connectivity index (χ1) is 11.8. The summed E-state index contributed by atoms with van der Waals surface area (Å²) < 4.78 is 10.8. The number of carbonyl (C=O) groups excluding carboxylic acids is 2. The zero-order valence-electron chi connectivity index (χ0n) is 14.2. The highest BCUT2D eigenvalue weighted by atomic mass is 16.5. The fraction of sp³-hybridized carbons (Fsp3) is 0.263. The van der Waals surface area contributed by atoms with Gasteiger partial charge in [-0.25, -0.2) is 4.79 Å². The molecule has 3 rings (SSSR count). The number of nitrogens with two attached hydrogens (primary N) is 1. The number of anilines is 1. The van der Waals surface area contributed by atoms with E-state index in [4.69, 9.17) is 21.6 Å². The van der Waals surface area contributed by atoms with E-state index in [1.807, 2.05) is 0 Å². The van der Waals surface area contributed by atoms with Gasteiger partial charge in [0.25, 0.3) is 0 Å². The lowest BCUT2D eigenvalue weighted by Gasteiger charge is -2.34. The predicted octanol–water partition coefficient (Wildman–Crippen LogP) is 1.94. The van der Waals surface area contributed by atoms with Gasteiger partial charge in [-0.3, -0.25) is 4.79 Å². The number of para-hydroxylation sites is 1. The van der Waals surface area contributed by atoms with Gasteiger partial charge in [-0.2, -0.15) is 0 Å². The number of terminal acetylenes is 1. The van der Waals surface area contributed by atoms with Crippen molar-refractivity contribution in [1.82, 2.24) is 0 Å². The van der Waals surface area contributed by atoms with E-state index in [1.165, 1.54) is 0 Å². The summed E-state index contributed by atoms with van der Waals surface area (Å²) in [4.78, 5) is 25.9. The molecule has 6 heteroatoms. The van der Waals surface area contributed by atoms with E-state index in [0.717, 1.165) is 0 Å². The Morgan fingerprint density at radius 2 is 2.08 bits per heavy atom. The normalized spacial score (nSPS) is 21.8. The Balaban J connectivity index is 2.35. The van der Waals surface area contributed by atoms with Gasteiger partial charge in [0.15, 0.2) is 0 Å². The molecule has 128 valence electrons. The average Bonchev–Trinajstić information content (AvgIpc) is 2.80. The molecule has 1 unspecified atom stereocenters. The van der Waals surface area contributed by atoms with Crippen LogP contribution in [0.15, 0.2) is 47.1 Å². The number of allylic oxidation sites excluding steroid dienone is 1. The van der Waals surface area contributed by atoms with Gasteiger partial charge in [-0.05, 0) is 26.8 Å². The summed E-state index contributed by atoms with van der Waals surface area (Å²) in [5.41, 5.74) is 5.67. The highest BCUT2D eigenvalue weighted by molar-refractivity contribution is 6.17. The third-order valence-electron chi connectivity index (χ3n) is 4.22. The molecular formula is C19H18N2O4. The first-order valence-electron chi connectivity index (χ1n) is 7.82. The topological polar surface area (TPSA) is 90.7 Å². The van der Waals surface area contributed by atoms with Crippen molar-refractivity contribution in [2.75, 3.05) is 5.32 Å². The number of ether oxygens (including phenoxy) is 2. The fourth-order valence-electron chi connectivity index (χ4n) is 3.34. The number of nitrogens with one attached hydrogen (secondary N) is 1. The quantitative estimate of drug-likeness (QED) is 0.635. The number of rotatable bonds is 2. The van der Waals surface area contributed by atoms with Crippen LogP contribution in [-0.4, -0.2) is 18.0 Å². The molecule has 2 aliphatic rings. The van der Waals surface area contributed by atoms with Crippen LogP contribution >= 0.6 is 0 Å². The van der Waals surface area contributed by atoms with Crippen molar-refractivity contribution < 1.29 is 19.1 Å². The summed E-state index contributed by atoms with van der Waals surface area (Å²) in [7, 11) is 0. The summed E-state index contributed by atoms with van der Waals surface area (Å²) in [6.45, 7) is 5.01. The largest absolute Gasteiger partial charge is 0.459 e. The van der Waals surface area contributed by atoms with Crippen LogP contribution in [0, 0.1) is 12.3 Å². The van der Waals surface area contributed by atoms with E-state index in [9.17, 15) is 9.59 Å². The molecule has 0 saturated carbocycles. The van der Waals surface area contributed by atoms with Crippen LogP contribution in [0.1, 0.15) is 26.3 Å². The maximum absolute atomic E-state index is 13.1. The summed E-state index contributed by atoms with van der Waals surface area (Å²) >= 11 is 0. The van der Waals surface area contributed by atoms with Crippen molar-refractivity contribution in [3.8, 4) is 12.3 Å². The molecule has 0 aromatic heterocycles. The second kappa shape index (κ2) is 5.71. The molecule has 1 spiro atoms. The SMILES string of the molecule is C#CC1=C(N)OC(C)=C(C(=O)OC(C)C)C12C(=O)Nc1ccccc12. The number of esters is 1. The van der Waals surface area contributed by atoms with Crippen LogP contribution in [0.3, 0.4) is 0 Å². The Morgan fingerprint density at radius 3 is 2.72 bits per heavy atom. The van der Waals surface area contributed by atoms with Gasteiger partial charge in [-0.15, -0.1) is 6.42 Å². The lowest BCUT2D eigenvalue weighted by atomic mass is 9.68. The Labute approximate surface area is 145 Å². The van der Waals surface area contributed by atoms with E-state index in [-0.39, 0.29) is 28.9 Å². The van der Waals surface area contributed by atoms with Crippen LogP contribution in [0.5, 0.6) is 0 Å². The number of benzene rings is 1. The molecule has 0 aliphatic carbocycles. The molecule has 0 fully saturated rings. The van der Waals surface area contributed by atoms with Crippen LogP contribution in [0.25, 0.3) is 0 Å². The molecule has 25 heavy (non-hydrogen) atoms. The summed E-state index contributed by atoms with van der Waals surface area (Å²) in [6, 6.07) is 7.02. The van der Waals surface area contributed by atoms with E-state index in [1.54, 1.807) is 45.0 Å². The predicted molar refractivity (Wildman–Crippen MR) is 91.8 cm³/mol. The summed E-state index contributed by atoms with van der Waals surface area (Å²) in [5, 5.41) is 2.78. The van der Waals surface area contributed by atoms with Crippen LogP contribution in [0.4, 0.5) is 5.69 Å². The second-order valence-electron chi connectivity index (χ2n) is 6.12. The monoisotopic (exact) mass is 338 g/mol. The molecule has 0 saturated heterocycles. The fourth-order valence-corrected chi connectivity index (χ4v) is 3.34. The molecule has 1 amide bonds. The van der Waals surface area contributed by atoms with Gasteiger partial charge in [0.2, 0.25) is 11.8 Å². The van der Waals surface area contributed by atoms with Crippen molar-refractivity contribution in [2.24, 2.45) is 5.73 Å². The maximum atomic E-state index is 13.1. The minimum absolute atomic E-state index is 0.0470. The zero-order valence-corrected chi connectivity index (χ0v) is 14.2. The Kier molecular flexibility index (Phi) is 3.80. The molecule has 1 aromatic carbocycles. The highest BCUT2D eigenvalue weighted by Crippen LogP contribution is 2.51. The van der Waals surface area contributed by atoms with Gasteiger partial charge in [-0.1, -0.05) is 24.1 Å². The zero-order chi connectivity index (χ0) is 18.4. The molecule has 2 heterocycles. The highest BCUT2D eigenvalue weighted by Gasteiger charge is 2.59. The summed E-state index contributed by atoms with van der Waals surface area (Å²) in [6.07, 6.45) is 5.28. The lowest BCUT2D eigenvalue weighted by Crippen LogP contribution is -2.46. The van der Waals surface area contributed by atoms with Crippen molar-refractivity contribution >= 4 is 17.6 Å². The molecule has 1 aromatic rings. The molecule has 0 radical (unpaired) electrons. The first-order valence-corrected chi connectivity index (χ1v) is 7.82. The maximum Gasteiger partial charge on any atom is 0.339 e. The average molecular weight is 338 g/mol. The van der Waals surface area contributed by atoms with E-state index >= 15 is 0 Å². The van der Waals surface area contributed by atoms with Gasteiger partial charge >= 0.3 is 5.97 Å². The van der Waals surface area contributed by atoms with Crippen molar-refractivity contribution in [2.45, 2.75) is 32.3 Å².